The highest BCUT2D eigenvalue weighted by Gasteiger charge is 2.15. The van der Waals surface area contributed by atoms with Crippen LogP contribution in [0, 0.1) is 6.92 Å². The van der Waals surface area contributed by atoms with Crippen molar-refractivity contribution in [3.8, 4) is 0 Å². The molecule has 0 bridgehead atoms. The molecule has 0 radical (unpaired) electrons. The Morgan fingerprint density at radius 2 is 2.15 bits per heavy atom. The number of carbonyl (C=O) groups excluding carboxylic acids is 1. The van der Waals surface area contributed by atoms with Crippen molar-refractivity contribution in [2.75, 3.05) is 11.5 Å². The Morgan fingerprint density at radius 3 is 2.85 bits per heavy atom. The molecule has 0 amide bonds. The van der Waals surface area contributed by atoms with Gasteiger partial charge in [-0.2, -0.15) is 0 Å². The number of para-hydroxylation sites is 1. The molecule has 1 aromatic carbocycles. The van der Waals surface area contributed by atoms with Gasteiger partial charge in [-0.05, 0) is 19.1 Å². The first-order valence-electron chi connectivity index (χ1n) is 6.11. The van der Waals surface area contributed by atoms with Crippen molar-refractivity contribution in [1.29, 1.82) is 0 Å². The van der Waals surface area contributed by atoms with E-state index >= 15 is 0 Å². The van der Waals surface area contributed by atoms with Gasteiger partial charge in [0.05, 0.1) is 17.4 Å². The van der Waals surface area contributed by atoms with Crippen molar-refractivity contribution < 1.29 is 4.79 Å². The molecule has 3 rings (SSSR count). The van der Waals surface area contributed by atoms with Crippen LogP contribution in [-0.2, 0) is 6.54 Å². The summed E-state index contributed by atoms with van der Waals surface area (Å²) < 4.78 is 3.00. The van der Waals surface area contributed by atoms with Gasteiger partial charge in [-0.3, -0.25) is 9.36 Å². The molecule has 2 heterocycles. The minimum absolute atomic E-state index is 0.0587. The van der Waals surface area contributed by atoms with Crippen LogP contribution in [0.1, 0.15) is 10.5 Å². The molecule has 0 atom stereocenters. The lowest BCUT2D eigenvalue weighted by atomic mass is 10.2. The van der Waals surface area contributed by atoms with E-state index in [1.165, 1.54) is 10.9 Å². The SMILES string of the molecule is Cc1cc2cccc(N)c2n1C(=O)Cn1cc(N)nn1. The maximum atomic E-state index is 12.4. The van der Waals surface area contributed by atoms with E-state index < -0.39 is 0 Å². The van der Waals surface area contributed by atoms with Gasteiger partial charge in [-0.15, -0.1) is 5.10 Å². The van der Waals surface area contributed by atoms with Crippen LogP contribution in [0.25, 0.3) is 10.9 Å². The maximum absolute atomic E-state index is 12.4. The molecule has 0 spiro atoms. The van der Waals surface area contributed by atoms with Gasteiger partial charge >= 0.3 is 0 Å². The first-order valence-corrected chi connectivity index (χ1v) is 6.11. The molecule has 0 saturated heterocycles. The summed E-state index contributed by atoms with van der Waals surface area (Å²) in [6.45, 7) is 1.93. The van der Waals surface area contributed by atoms with E-state index in [1.807, 2.05) is 25.1 Å². The molecule has 7 heteroatoms. The second-order valence-electron chi connectivity index (χ2n) is 4.64. The quantitative estimate of drug-likeness (QED) is 0.677. The van der Waals surface area contributed by atoms with E-state index in [1.54, 1.807) is 10.6 Å². The van der Waals surface area contributed by atoms with Gasteiger partial charge < -0.3 is 11.5 Å². The zero-order valence-electron chi connectivity index (χ0n) is 10.9. The van der Waals surface area contributed by atoms with E-state index in [2.05, 4.69) is 10.3 Å². The third-order valence-corrected chi connectivity index (χ3v) is 3.14. The highest BCUT2D eigenvalue weighted by atomic mass is 16.2. The van der Waals surface area contributed by atoms with Crippen molar-refractivity contribution in [1.82, 2.24) is 19.6 Å². The lowest BCUT2D eigenvalue weighted by molar-refractivity contribution is 0.0889. The van der Waals surface area contributed by atoms with Gasteiger partial charge in [0, 0.05) is 11.1 Å². The number of benzene rings is 1. The monoisotopic (exact) mass is 270 g/mol. The number of nitrogens with two attached hydrogens (primary N) is 2. The number of carbonyl (C=O) groups is 1. The van der Waals surface area contributed by atoms with Crippen LogP contribution in [0.4, 0.5) is 11.5 Å². The number of hydrogen-bond donors (Lipinski definition) is 2. The number of rotatable bonds is 2. The fraction of sp³-hybridized carbons (Fsp3) is 0.154. The molecule has 0 aliphatic heterocycles. The van der Waals surface area contributed by atoms with Gasteiger partial charge in [0.25, 0.3) is 5.91 Å². The van der Waals surface area contributed by atoms with Gasteiger partial charge in [-0.1, -0.05) is 17.3 Å². The zero-order valence-corrected chi connectivity index (χ0v) is 10.9. The Morgan fingerprint density at radius 1 is 1.35 bits per heavy atom. The molecule has 0 aliphatic rings. The van der Waals surface area contributed by atoms with Crippen molar-refractivity contribution in [3.63, 3.8) is 0 Å². The third kappa shape index (κ3) is 1.89. The van der Waals surface area contributed by atoms with Crippen molar-refractivity contribution in [2.45, 2.75) is 13.5 Å². The van der Waals surface area contributed by atoms with Crippen molar-refractivity contribution in [2.24, 2.45) is 0 Å². The first-order chi connectivity index (χ1) is 9.56. The van der Waals surface area contributed by atoms with Gasteiger partial charge in [0.2, 0.25) is 0 Å². The van der Waals surface area contributed by atoms with Crippen LogP contribution in [0.15, 0.2) is 30.5 Å². The minimum Gasteiger partial charge on any atom is -0.397 e. The van der Waals surface area contributed by atoms with Gasteiger partial charge in [0.15, 0.2) is 5.82 Å². The number of nitrogen functional groups attached to an aromatic ring is 2. The summed E-state index contributed by atoms with van der Waals surface area (Å²) in [5.41, 5.74) is 13.6. The first kappa shape index (κ1) is 12.2. The number of anilines is 2. The lowest BCUT2D eigenvalue weighted by Gasteiger charge is -2.08. The van der Waals surface area contributed by atoms with Gasteiger partial charge in [0.1, 0.15) is 6.54 Å². The largest absolute Gasteiger partial charge is 0.397 e. The molecule has 0 saturated carbocycles. The lowest BCUT2D eigenvalue weighted by Crippen LogP contribution is -2.19. The Kier molecular flexibility index (Phi) is 2.67. The van der Waals surface area contributed by atoms with E-state index in [9.17, 15) is 4.79 Å². The molecular formula is C13H14N6O. The molecule has 0 fully saturated rings. The number of aromatic nitrogens is 4. The summed E-state index contributed by atoms with van der Waals surface area (Å²) in [6, 6.07) is 7.50. The van der Waals surface area contributed by atoms with Crippen LogP contribution < -0.4 is 11.5 Å². The fourth-order valence-electron chi connectivity index (χ4n) is 2.34. The zero-order chi connectivity index (χ0) is 14.3. The van der Waals surface area contributed by atoms with Crippen LogP contribution in [0.3, 0.4) is 0 Å². The van der Waals surface area contributed by atoms with Crippen molar-refractivity contribution in [3.05, 3.63) is 36.2 Å². The highest BCUT2D eigenvalue weighted by molar-refractivity contribution is 5.99. The summed E-state index contributed by atoms with van der Waals surface area (Å²) in [5.74, 6) is 0.145. The molecule has 0 aliphatic carbocycles. The predicted molar refractivity (Wildman–Crippen MR) is 76.1 cm³/mol. The maximum Gasteiger partial charge on any atom is 0.253 e. The van der Waals surface area contributed by atoms with E-state index in [4.69, 9.17) is 11.5 Å². The Bertz CT molecular complexity index is 800. The normalized spacial score (nSPS) is 11.1. The summed E-state index contributed by atoms with van der Waals surface area (Å²) >= 11 is 0. The van der Waals surface area contributed by atoms with Crippen molar-refractivity contribution >= 4 is 28.3 Å². The summed E-state index contributed by atoms with van der Waals surface area (Å²) in [6.07, 6.45) is 1.52. The molecule has 20 heavy (non-hydrogen) atoms. The summed E-state index contributed by atoms with van der Waals surface area (Å²) in [4.78, 5) is 12.4. The van der Waals surface area contributed by atoms with E-state index in [0.29, 0.717) is 5.69 Å². The smallest absolute Gasteiger partial charge is 0.253 e. The minimum atomic E-state index is -0.139. The second kappa shape index (κ2) is 4.37. The topological polar surface area (TPSA) is 105 Å². The number of fused-ring (bicyclic) bond motifs is 1. The number of aryl methyl sites for hydroxylation is 1. The van der Waals surface area contributed by atoms with Crippen LogP contribution >= 0.6 is 0 Å². The average molecular weight is 270 g/mol. The van der Waals surface area contributed by atoms with Gasteiger partial charge in [-0.25, -0.2) is 4.68 Å². The van der Waals surface area contributed by atoms with Crippen LogP contribution in [0.2, 0.25) is 0 Å². The fourth-order valence-corrected chi connectivity index (χ4v) is 2.34. The predicted octanol–water partition coefficient (Wildman–Crippen LogP) is 1.05. The molecule has 2 aromatic heterocycles. The number of hydrogen-bond acceptors (Lipinski definition) is 5. The standard InChI is InChI=1S/C13H14N6O/c1-8-5-9-3-2-4-10(14)13(9)19(8)12(20)7-18-6-11(15)16-17-18/h2-6H,7,14-15H2,1H3. The molecule has 4 N–H and O–H groups in total. The molecule has 0 unspecified atom stereocenters. The third-order valence-electron chi connectivity index (χ3n) is 3.14. The Hall–Kier alpha value is -2.83. The molecule has 7 nitrogen and oxygen atoms in total. The van der Waals surface area contributed by atoms with E-state index in [0.717, 1.165) is 16.6 Å². The highest BCUT2D eigenvalue weighted by Crippen LogP contribution is 2.24. The van der Waals surface area contributed by atoms with E-state index in [-0.39, 0.29) is 18.3 Å². The average Bonchev–Trinajstić information content (AvgIpc) is 2.93. The summed E-state index contributed by atoms with van der Waals surface area (Å²) in [7, 11) is 0. The van der Waals surface area contributed by atoms with Crippen LogP contribution in [-0.4, -0.2) is 25.5 Å². The van der Waals surface area contributed by atoms with Crippen LogP contribution in [0.5, 0.6) is 0 Å². The molecular weight excluding hydrogens is 256 g/mol. The molecule has 102 valence electrons. The summed E-state index contributed by atoms with van der Waals surface area (Å²) in [5, 5.41) is 8.37. The molecule has 3 aromatic rings. The second-order valence-corrected chi connectivity index (χ2v) is 4.64. The Labute approximate surface area is 114 Å². The number of nitrogens with zero attached hydrogens (tertiary/aromatic N) is 4. The Balaban J connectivity index is 2.05.